The number of rotatable bonds is 5. The van der Waals surface area contributed by atoms with Crippen molar-refractivity contribution in [3.63, 3.8) is 0 Å². The van der Waals surface area contributed by atoms with Crippen LogP contribution in [0.3, 0.4) is 0 Å². The largest absolute Gasteiger partial charge is 0.466 e. The number of amides is 1. The fraction of sp³-hybridized carbons (Fsp3) is 0.267. The van der Waals surface area contributed by atoms with Gasteiger partial charge < -0.3 is 14.8 Å². The summed E-state index contributed by atoms with van der Waals surface area (Å²) in [7, 11) is 0. The Hall–Kier alpha value is -1.49. The van der Waals surface area contributed by atoms with Crippen LogP contribution in [-0.2, 0) is 16.8 Å². The zero-order valence-electron chi connectivity index (χ0n) is 11.4. The van der Waals surface area contributed by atoms with Gasteiger partial charge in [0.1, 0.15) is 11.4 Å². The lowest BCUT2D eigenvalue weighted by atomic mass is 10.0. The smallest absolute Gasteiger partial charge is 0.224 e. The van der Waals surface area contributed by atoms with Crippen LogP contribution in [0.5, 0.6) is 0 Å². The van der Waals surface area contributed by atoms with E-state index in [0.717, 1.165) is 0 Å². The van der Waals surface area contributed by atoms with Gasteiger partial charge in [-0.1, -0.05) is 23.2 Å². The predicted molar refractivity (Wildman–Crippen MR) is 81.5 cm³/mol. The van der Waals surface area contributed by atoms with Gasteiger partial charge in [-0.15, -0.1) is 0 Å². The number of benzene rings is 1. The Labute approximate surface area is 132 Å². The standard InChI is InChI=1S/C15H15Cl2NO3/c1-15(20,13-3-2-6-21-13)9-18-14(19)8-10-7-11(16)4-5-12(10)17/h2-7,20H,8-9H2,1H3,(H,18,19). The van der Waals surface area contributed by atoms with Gasteiger partial charge >= 0.3 is 0 Å². The number of carbonyl (C=O) groups excluding carboxylic acids is 1. The molecule has 1 unspecified atom stereocenters. The van der Waals surface area contributed by atoms with E-state index in [1.807, 2.05) is 0 Å². The quantitative estimate of drug-likeness (QED) is 0.886. The minimum Gasteiger partial charge on any atom is -0.466 e. The molecule has 0 aliphatic heterocycles. The normalized spacial score (nSPS) is 13.7. The van der Waals surface area contributed by atoms with Gasteiger partial charge in [-0.25, -0.2) is 0 Å². The summed E-state index contributed by atoms with van der Waals surface area (Å²) in [5.74, 6) is 0.134. The monoisotopic (exact) mass is 327 g/mol. The molecule has 0 saturated carbocycles. The average Bonchev–Trinajstić information content (AvgIpc) is 2.96. The number of aliphatic hydroxyl groups is 1. The summed E-state index contributed by atoms with van der Waals surface area (Å²) in [6, 6.07) is 8.28. The van der Waals surface area contributed by atoms with Crippen LogP contribution in [0.4, 0.5) is 0 Å². The fourth-order valence-electron chi connectivity index (χ4n) is 1.86. The molecule has 1 aromatic heterocycles. The van der Waals surface area contributed by atoms with Gasteiger partial charge in [0.2, 0.25) is 5.91 Å². The predicted octanol–water partition coefficient (Wildman–Crippen LogP) is 3.15. The highest BCUT2D eigenvalue weighted by molar-refractivity contribution is 6.33. The molecular formula is C15H15Cl2NO3. The molecule has 1 aromatic carbocycles. The van der Waals surface area contributed by atoms with E-state index >= 15 is 0 Å². The molecule has 0 saturated heterocycles. The maximum Gasteiger partial charge on any atom is 0.224 e. The van der Waals surface area contributed by atoms with Crippen molar-refractivity contribution >= 4 is 29.1 Å². The summed E-state index contributed by atoms with van der Waals surface area (Å²) in [5.41, 5.74) is -0.628. The first-order valence-corrected chi connectivity index (χ1v) is 7.11. The first kappa shape index (κ1) is 15.9. The van der Waals surface area contributed by atoms with Crippen molar-refractivity contribution in [1.82, 2.24) is 5.32 Å². The molecular weight excluding hydrogens is 313 g/mol. The Morgan fingerprint density at radius 1 is 1.38 bits per heavy atom. The van der Waals surface area contributed by atoms with E-state index in [2.05, 4.69) is 5.32 Å². The lowest BCUT2D eigenvalue weighted by Gasteiger charge is -2.21. The number of halogens is 2. The van der Waals surface area contributed by atoms with Crippen molar-refractivity contribution < 1.29 is 14.3 Å². The van der Waals surface area contributed by atoms with E-state index in [1.165, 1.54) is 6.26 Å². The third-order valence-corrected chi connectivity index (χ3v) is 3.64. The second-order valence-electron chi connectivity index (χ2n) is 4.94. The highest BCUT2D eigenvalue weighted by atomic mass is 35.5. The number of nitrogens with one attached hydrogen (secondary N) is 1. The Morgan fingerprint density at radius 3 is 2.81 bits per heavy atom. The Morgan fingerprint density at radius 2 is 2.14 bits per heavy atom. The van der Waals surface area contributed by atoms with E-state index < -0.39 is 5.60 Å². The van der Waals surface area contributed by atoms with E-state index in [1.54, 1.807) is 37.3 Å². The molecule has 1 heterocycles. The van der Waals surface area contributed by atoms with Crippen LogP contribution in [0.1, 0.15) is 18.2 Å². The van der Waals surface area contributed by atoms with E-state index in [-0.39, 0.29) is 18.9 Å². The summed E-state index contributed by atoms with van der Waals surface area (Å²) in [4.78, 5) is 11.9. The second kappa shape index (κ2) is 6.52. The molecule has 0 bridgehead atoms. The van der Waals surface area contributed by atoms with E-state index in [0.29, 0.717) is 21.4 Å². The Bertz CT molecular complexity index is 624. The molecule has 2 N–H and O–H groups in total. The van der Waals surface area contributed by atoms with Crippen molar-refractivity contribution in [2.75, 3.05) is 6.54 Å². The Kier molecular flexibility index (Phi) is 4.93. The summed E-state index contributed by atoms with van der Waals surface area (Å²) in [6.45, 7) is 1.61. The molecule has 0 aliphatic rings. The second-order valence-corrected chi connectivity index (χ2v) is 5.78. The van der Waals surface area contributed by atoms with Crippen LogP contribution in [0.2, 0.25) is 10.0 Å². The Balaban J connectivity index is 1.95. The van der Waals surface area contributed by atoms with Gasteiger partial charge in [0.05, 0.1) is 19.2 Å². The zero-order chi connectivity index (χ0) is 15.5. The third kappa shape index (κ3) is 4.24. The highest BCUT2D eigenvalue weighted by Crippen LogP contribution is 2.22. The topological polar surface area (TPSA) is 62.5 Å². The first-order chi connectivity index (χ1) is 9.88. The van der Waals surface area contributed by atoms with Crippen molar-refractivity contribution in [1.29, 1.82) is 0 Å². The summed E-state index contributed by atoms with van der Waals surface area (Å²) >= 11 is 11.9. The van der Waals surface area contributed by atoms with Gasteiger partial charge in [0.25, 0.3) is 0 Å². The van der Waals surface area contributed by atoms with Crippen LogP contribution in [-0.4, -0.2) is 17.6 Å². The van der Waals surface area contributed by atoms with Crippen molar-refractivity contribution in [3.8, 4) is 0 Å². The minimum absolute atomic E-state index is 0.0392. The number of furan rings is 1. The van der Waals surface area contributed by atoms with Crippen LogP contribution in [0.15, 0.2) is 41.0 Å². The molecule has 6 heteroatoms. The summed E-state index contributed by atoms with van der Waals surface area (Å²) in [6.07, 6.45) is 1.56. The molecule has 4 nitrogen and oxygen atoms in total. The van der Waals surface area contributed by atoms with Crippen molar-refractivity contribution in [2.45, 2.75) is 18.9 Å². The highest BCUT2D eigenvalue weighted by Gasteiger charge is 2.26. The molecule has 0 aliphatic carbocycles. The summed E-state index contributed by atoms with van der Waals surface area (Å²) in [5, 5.41) is 13.9. The number of carbonyl (C=O) groups is 1. The molecule has 0 fully saturated rings. The number of hydrogen-bond acceptors (Lipinski definition) is 3. The lowest BCUT2D eigenvalue weighted by Crippen LogP contribution is -2.39. The van der Waals surface area contributed by atoms with E-state index in [9.17, 15) is 9.90 Å². The first-order valence-electron chi connectivity index (χ1n) is 6.35. The van der Waals surface area contributed by atoms with Gasteiger partial charge in [-0.05, 0) is 42.8 Å². The average molecular weight is 328 g/mol. The SMILES string of the molecule is CC(O)(CNC(=O)Cc1cc(Cl)ccc1Cl)c1ccco1. The maximum atomic E-state index is 11.9. The molecule has 0 radical (unpaired) electrons. The molecule has 1 amide bonds. The molecule has 112 valence electrons. The molecule has 2 aromatic rings. The van der Waals surface area contributed by atoms with Crippen LogP contribution >= 0.6 is 23.2 Å². The molecule has 0 spiro atoms. The van der Waals surface area contributed by atoms with Gasteiger partial charge in [0.15, 0.2) is 0 Å². The van der Waals surface area contributed by atoms with Gasteiger partial charge in [-0.3, -0.25) is 4.79 Å². The lowest BCUT2D eigenvalue weighted by molar-refractivity contribution is -0.121. The van der Waals surface area contributed by atoms with Crippen LogP contribution in [0.25, 0.3) is 0 Å². The zero-order valence-corrected chi connectivity index (χ0v) is 12.9. The molecule has 1 atom stereocenters. The minimum atomic E-state index is -1.27. The van der Waals surface area contributed by atoms with E-state index in [4.69, 9.17) is 27.6 Å². The number of hydrogen-bond donors (Lipinski definition) is 2. The summed E-state index contributed by atoms with van der Waals surface area (Å²) < 4.78 is 5.14. The molecule has 21 heavy (non-hydrogen) atoms. The van der Waals surface area contributed by atoms with Gasteiger partial charge in [-0.2, -0.15) is 0 Å². The third-order valence-electron chi connectivity index (χ3n) is 3.04. The fourth-order valence-corrected chi connectivity index (χ4v) is 2.24. The molecule has 2 rings (SSSR count). The van der Waals surface area contributed by atoms with Crippen LogP contribution in [0, 0.1) is 0 Å². The maximum absolute atomic E-state index is 11.9. The van der Waals surface area contributed by atoms with Crippen molar-refractivity contribution in [3.05, 3.63) is 58.0 Å². The van der Waals surface area contributed by atoms with Crippen molar-refractivity contribution in [2.24, 2.45) is 0 Å². The van der Waals surface area contributed by atoms with Gasteiger partial charge in [0, 0.05) is 10.0 Å². The van der Waals surface area contributed by atoms with Crippen LogP contribution < -0.4 is 5.32 Å².